The molecule has 0 aliphatic carbocycles. The van der Waals surface area contributed by atoms with Crippen LogP contribution in [0.5, 0.6) is 0 Å². The molecule has 0 heterocycles. The van der Waals surface area contributed by atoms with E-state index in [1.807, 2.05) is 0 Å². The summed E-state index contributed by atoms with van der Waals surface area (Å²) in [5, 5.41) is 0. The van der Waals surface area contributed by atoms with E-state index in [9.17, 15) is 0 Å². The molecule has 0 aromatic rings. The molecule has 0 aromatic carbocycles. The molecule has 0 fully saturated rings. The van der Waals surface area contributed by atoms with Gasteiger partial charge in [-0.2, -0.15) is 0 Å². The van der Waals surface area contributed by atoms with Crippen LogP contribution >= 0.6 is 0 Å². The lowest BCUT2D eigenvalue weighted by molar-refractivity contribution is 0.413. The van der Waals surface area contributed by atoms with Gasteiger partial charge in [-0.05, 0) is 5.92 Å². The Morgan fingerprint density at radius 3 is 1.53 bits per heavy atom. The topological polar surface area (TPSA) is 0 Å². The SMILES string of the molecule is [CH2]CCC(CC)CCCCCCCCCCCCC. The van der Waals surface area contributed by atoms with Crippen LogP contribution in [0.15, 0.2) is 0 Å². The maximum atomic E-state index is 3.98. The Hall–Kier alpha value is 0. The average molecular weight is 268 g/mol. The van der Waals surface area contributed by atoms with Crippen LogP contribution in [0.2, 0.25) is 0 Å². The Morgan fingerprint density at radius 2 is 1.11 bits per heavy atom. The summed E-state index contributed by atoms with van der Waals surface area (Å²) in [6.45, 7) is 8.60. The molecule has 0 saturated carbocycles. The Morgan fingerprint density at radius 1 is 0.632 bits per heavy atom. The standard InChI is InChI=1S/C19H39/c1-4-7-8-9-10-11-12-13-14-15-16-18-19(6-3)17-5-2/h19H,2,4-18H2,1,3H3. The molecule has 0 N–H and O–H groups in total. The van der Waals surface area contributed by atoms with E-state index < -0.39 is 0 Å². The predicted molar refractivity (Wildman–Crippen MR) is 89.5 cm³/mol. The molecule has 1 unspecified atom stereocenters. The van der Waals surface area contributed by atoms with Gasteiger partial charge < -0.3 is 0 Å². The van der Waals surface area contributed by atoms with Crippen molar-refractivity contribution in [2.24, 2.45) is 5.92 Å². The fourth-order valence-electron chi connectivity index (χ4n) is 2.94. The molecule has 1 radical (unpaired) electrons. The molecule has 0 rings (SSSR count). The summed E-state index contributed by atoms with van der Waals surface area (Å²) in [5.41, 5.74) is 0. The highest BCUT2D eigenvalue weighted by molar-refractivity contribution is 4.59. The molecule has 0 bridgehead atoms. The van der Waals surface area contributed by atoms with E-state index in [-0.39, 0.29) is 0 Å². The summed E-state index contributed by atoms with van der Waals surface area (Å²) in [4.78, 5) is 0. The fraction of sp³-hybridized carbons (Fsp3) is 0.947. The minimum atomic E-state index is 0.955. The van der Waals surface area contributed by atoms with Gasteiger partial charge in [-0.1, -0.05) is 117 Å². The van der Waals surface area contributed by atoms with Gasteiger partial charge in [0, 0.05) is 0 Å². The van der Waals surface area contributed by atoms with E-state index in [4.69, 9.17) is 0 Å². The van der Waals surface area contributed by atoms with E-state index in [1.54, 1.807) is 0 Å². The summed E-state index contributed by atoms with van der Waals surface area (Å²) in [5.74, 6) is 0.955. The molecule has 0 nitrogen and oxygen atoms in total. The first-order valence-corrected chi connectivity index (χ1v) is 9.14. The number of rotatable bonds is 15. The molecule has 0 heteroatoms. The first kappa shape index (κ1) is 19.0. The predicted octanol–water partition coefficient (Wildman–Crippen LogP) is 7.33. The minimum Gasteiger partial charge on any atom is -0.0654 e. The molecular formula is C19H39. The van der Waals surface area contributed by atoms with Crippen LogP contribution in [0.4, 0.5) is 0 Å². The van der Waals surface area contributed by atoms with Crippen LogP contribution in [0.3, 0.4) is 0 Å². The highest BCUT2D eigenvalue weighted by Gasteiger charge is 2.04. The van der Waals surface area contributed by atoms with Gasteiger partial charge in [-0.3, -0.25) is 0 Å². The Balaban J connectivity index is 3.09. The lowest BCUT2D eigenvalue weighted by atomic mass is 9.94. The lowest BCUT2D eigenvalue weighted by Gasteiger charge is -2.12. The maximum Gasteiger partial charge on any atom is -0.0417 e. The number of unbranched alkanes of at least 4 members (excludes halogenated alkanes) is 10. The smallest absolute Gasteiger partial charge is 0.0417 e. The van der Waals surface area contributed by atoms with Crippen molar-refractivity contribution in [3.63, 3.8) is 0 Å². The second kappa shape index (κ2) is 16.1. The zero-order valence-corrected chi connectivity index (χ0v) is 13.9. The minimum absolute atomic E-state index is 0.955. The molecule has 0 saturated heterocycles. The third-order valence-corrected chi connectivity index (χ3v) is 4.41. The van der Waals surface area contributed by atoms with Crippen LogP contribution in [-0.4, -0.2) is 0 Å². The van der Waals surface area contributed by atoms with E-state index in [1.165, 1.54) is 89.9 Å². The molecule has 0 aliphatic heterocycles. The molecule has 0 amide bonds. The highest BCUT2D eigenvalue weighted by Crippen LogP contribution is 2.19. The summed E-state index contributed by atoms with van der Waals surface area (Å²) < 4.78 is 0. The number of hydrogen-bond donors (Lipinski definition) is 0. The van der Waals surface area contributed by atoms with Crippen molar-refractivity contribution in [3.8, 4) is 0 Å². The third kappa shape index (κ3) is 14.2. The molecule has 0 aliphatic rings. The molecule has 0 aromatic heterocycles. The zero-order valence-electron chi connectivity index (χ0n) is 13.9. The molecule has 0 spiro atoms. The van der Waals surface area contributed by atoms with Gasteiger partial charge in [0.15, 0.2) is 0 Å². The van der Waals surface area contributed by atoms with Crippen molar-refractivity contribution in [2.45, 2.75) is 110 Å². The largest absolute Gasteiger partial charge is 0.0654 e. The lowest BCUT2D eigenvalue weighted by Crippen LogP contribution is -1.98. The average Bonchev–Trinajstić information content (AvgIpc) is 2.43. The van der Waals surface area contributed by atoms with Gasteiger partial charge in [0.2, 0.25) is 0 Å². The quantitative estimate of drug-likeness (QED) is 0.272. The monoisotopic (exact) mass is 267 g/mol. The Kier molecular flexibility index (Phi) is 16.1. The van der Waals surface area contributed by atoms with Crippen LogP contribution < -0.4 is 0 Å². The van der Waals surface area contributed by atoms with Gasteiger partial charge in [0.25, 0.3) is 0 Å². The first-order chi connectivity index (χ1) is 9.35. The van der Waals surface area contributed by atoms with Crippen molar-refractivity contribution in [1.82, 2.24) is 0 Å². The van der Waals surface area contributed by atoms with Gasteiger partial charge in [0.1, 0.15) is 0 Å². The van der Waals surface area contributed by atoms with Crippen molar-refractivity contribution < 1.29 is 0 Å². The molecule has 1 atom stereocenters. The van der Waals surface area contributed by atoms with Crippen LogP contribution in [0, 0.1) is 12.8 Å². The van der Waals surface area contributed by atoms with Crippen molar-refractivity contribution >= 4 is 0 Å². The summed E-state index contributed by atoms with van der Waals surface area (Å²) in [7, 11) is 0. The highest BCUT2D eigenvalue weighted by atomic mass is 14.1. The van der Waals surface area contributed by atoms with Crippen LogP contribution in [0.25, 0.3) is 0 Å². The third-order valence-electron chi connectivity index (χ3n) is 4.41. The maximum absolute atomic E-state index is 3.98. The first-order valence-electron chi connectivity index (χ1n) is 9.14. The van der Waals surface area contributed by atoms with Gasteiger partial charge in [0.05, 0.1) is 0 Å². The van der Waals surface area contributed by atoms with Gasteiger partial charge in [-0.25, -0.2) is 0 Å². The van der Waals surface area contributed by atoms with Crippen molar-refractivity contribution in [2.75, 3.05) is 0 Å². The second-order valence-electron chi connectivity index (χ2n) is 6.24. The molecule has 115 valence electrons. The van der Waals surface area contributed by atoms with Crippen molar-refractivity contribution in [1.29, 1.82) is 0 Å². The number of hydrogen-bond acceptors (Lipinski definition) is 0. The van der Waals surface area contributed by atoms with Gasteiger partial charge in [-0.15, -0.1) is 0 Å². The Bertz CT molecular complexity index is 150. The fourth-order valence-corrected chi connectivity index (χ4v) is 2.94. The summed E-state index contributed by atoms with van der Waals surface area (Å²) in [6, 6.07) is 0. The second-order valence-corrected chi connectivity index (χ2v) is 6.24. The van der Waals surface area contributed by atoms with Crippen molar-refractivity contribution in [3.05, 3.63) is 6.92 Å². The van der Waals surface area contributed by atoms with Crippen LogP contribution in [0.1, 0.15) is 110 Å². The normalized spacial score (nSPS) is 12.8. The van der Waals surface area contributed by atoms with E-state index in [0.717, 1.165) is 12.3 Å². The van der Waals surface area contributed by atoms with Crippen LogP contribution in [-0.2, 0) is 0 Å². The van der Waals surface area contributed by atoms with E-state index in [0.29, 0.717) is 0 Å². The summed E-state index contributed by atoms with van der Waals surface area (Å²) in [6.07, 6.45) is 21.3. The Labute approximate surface area is 123 Å². The summed E-state index contributed by atoms with van der Waals surface area (Å²) >= 11 is 0. The van der Waals surface area contributed by atoms with E-state index in [2.05, 4.69) is 20.8 Å². The molecule has 19 heavy (non-hydrogen) atoms. The van der Waals surface area contributed by atoms with E-state index >= 15 is 0 Å². The van der Waals surface area contributed by atoms with Gasteiger partial charge >= 0.3 is 0 Å². The zero-order chi connectivity index (χ0) is 14.2. The molecular weight excluding hydrogens is 228 g/mol.